The molecular formula is C15H21NO3. The zero-order valence-corrected chi connectivity index (χ0v) is 11.7. The Morgan fingerprint density at radius 3 is 2.53 bits per heavy atom. The topological polar surface area (TPSA) is 49.8 Å². The summed E-state index contributed by atoms with van der Waals surface area (Å²) in [5, 5.41) is 9.96. The number of ketones is 1. The number of likely N-dealkylation sites (tertiary alicyclic amines) is 1. The molecule has 2 rings (SSSR count). The van der Waals surface area contributed by atoms with Crippen LogP contribution in [0, 0.1) is 0 Å². The highest BCUT2D eigenvalue weighted by Gasteiger charge is 2.35. The molecule has 0 saturated carbocycles. The summed E-state index contributed by atoms with van der Waals surface area (Å²) in [4.78, 5) is 14.4. The molecule has 0 aromatic heterocycles. The van der Waals surface area contributed by atoms with Gasteiger partial charge < -0.3 is 9.84 Å². The van der Waals surface area contributed by atoms with Crippen LogP contribution < -0.4 is 4.74 Å². The summed E-state index contributed by atoms with van der Waals surface area (Å²) in [7, 11) is 1.60. The van der Waals surface area contributed by atoms with E-state index in [1.165, 1.54) is 0 Å². The number of Topliss-reactive ketones (excluding diaryl/α,β-unsaturated/α-hetero) is 1. The summed E-state index contributed by atoms with van der Waals surface area (Å²) < 4.78 is 5.08. The van der Waals surface area contributed by atoms with Crippen molar-refractivity contribution < 1.29 is 14.6 Å². The molecule has 2 atom stereocenters. The van der Waals surface area contributed by atoms with Crippen LogP contribution >= 0.6 is 0 Å². The number of hydrogen-bond acceptors (Lipinski definition) is 4. The molecule has 104 valence electrons. The van der Waals surface area contributed by atoms with E-state index in [0.29, 0.717) is 18.5 Å². The van der Waals surface area contributed by atoms with E-state index in [9.17, 15) is 9.90 Å². The van der Waals surface area contributed by atoms with Crippen molar-refractivity contribution in [1.82, 2.24) is 4.90 Å². The van der Waals surface area contributed by atoms with Gasteiger partial charge in [-0.05, 0) is 44.5 Å². The molecule has 0 bridgehead atoms. The first-order valence-corrected chi connectivity index (χ1v) is 6.58. The lowest BCUT2D eigenvalue weighted by Crippen LogP contribution is -2.40. The van der Waals surface area contributed by atoms with Gasteiger partial charge in [-0.15, -0.1) is 0 Å². The van der Waals surface area contributed by atoms with Crippen molar-refractivity contribution >= 4 is 5.78 Å². The molecule has 1 heterocycles. The van der Waals surface area contributed by atoms with E-state index < -0.39 is 5.60 Å². The maximum atomic E-state index is 12.4. The second kappa shape index (κ2) is 5.31. The van der Waals surface area contributed by atoms with Crippen molar-refractivity contribution in [3.63, 3.8) is 0 Å². The zero-order valence-electron chi connectivity index (χ0n) is 11.7. The number of rotatable bonds is 4. The highest BCUT2D eigenvalue weighted by Crippen LogP contribution is 2.24. The Balaban J connectivity index is 2.06. The molecular weight excluding hydrogens is 242 g/mol. The summed E-state index contributed by atoms with van der Waals surface area (Å²) in [5.41, 5.74) is 0.00824. The molecule has 0 radical (unpaired) electrons. The van der Waals surface area contributed by atoms with Crippen LogP contribution in [0.4, 0.5) is 0 Å². The number of carbonyl (C=O) groups is 1. The van der Waals surface area contributed by atoms with Gasteiger partial charge >= 0.3 is 0 Å². The highest BCUT2D eigenvalue weighted by molar-refractivity contribution is 5.99. The summed E-state index contributed by atoms with van der Waals surface area (Å²) >= 11 is 0. The van der Waals surface area contributed by atoms with Crippen LogP contribution in [0.25, 0.3) is 0 Å². The van der Waals surface area contributed by atoms with Crippen LogP contribution in [0.5, 0.6) is 5.75 Å². The smallest absolute Gasteiger partial charge is 0.179 e. The van der Waals surface area contributed by atoms with Gasteiger partial charge in [0.2, 0.25) is 0 Å². The van der Waals surface area contributed by atoms with Gasteiger partial charge in [0.25, 0.3) is 0 Å². The molecule has 1 aliphatic heterocycles. The number of ether oxygens (including phenoxy) is 1. The van der Waals surface area contributed by atoms with E-state index in [4.69, 9.17) is 4.74 Å². The van der Waals surface area contributed by atoms with Crippen molar-refractivity contribution in [2.45, 2.75) is 31.9 Å². The Morgan fingerprint density at radius 1 is 1.42 bits per heavy atom. The summed E-state index contributed by atoms with van der Waals surface area (Å²) in [6, 6.07) is 6.94. The Bertz CT molecular complexity index is 453. The van der Waals surface area contributed by atoms with Crippen LogP contribution in [-0.4, -0.2) is 47.6 Å². The molecule has 1 fully saturated rings. The lowest BCUT2D eigenvalue weighted by molar-refractivity contribution is 0.0597. The van der Waals surface area contributed by atoms with E-state index in [-0.39, 0.29) is 11.8 Å². The van der Waals surface area contributed by atoms with Crippen LogP contribution in [0.1, 0.15) is 30.6 Å². The molecule has 0 aliphatic carbocycles. The normalized spacial score (nSPS) is 25.3. The first kappa shape index (κ1) is 14.0. The van der Waals surface area contributed by atoms with Gasteiger partial charge in [-0.25, -0.2) is 0 Å². The van der Waals surface area contributed by atoms with Gasteiger partial charge in [0.15, 0.2) is 5.78 Å². The second-order valence-corrected chi connectivity index (χ2v) is 5.49. The van der Waals surface area contributed by atoms with Crippen molar-refractivity contribution in [3.8, 4) is 5.75 Å². The van der Waals surface area contributed by atoms with Crippen molar-refractivity contribution in [2.75, 3.05) is 20.2 Å². The predicted octanol–water partition coefficient (Wildman–Crippen LogP) is 1.72. The fraction of sp³-hybridized carbons (Fsp3) is 0.533. The molecule has 1 aromatic rings. The van der Waals surface area contributed by atoms with E-state index in [1.807, 2.05) is 18.7 Å². The number of carbonyl (C=O) groups excluding carboxylic acids is 1. The van der Waals surface area contributed by atoms with E-state index in [1.54, 1.807) is 31.4 Å². The Kier molecular flexibility index (Phi) is 3.92. The second-order valence-electron chi connectivity index (χ2n) is 5.49. The average Bonchev–Trinajstić information content (AvgIpc) is 2.77. The molecule has 0 amide bonds. The number of benzene rings is 1. The van der Waals surface area contributed by atoms with E-state index in [0.717, 1.165) is 12.3 Å². The third kappa shape index (κ3) is 3.14. The van der Waals surface area contributed by atoms with Gasteiger partial charge in [-0.1, -0.05) is 0 Å². The minimum absolute atomic E-state index is 0.0837. The molecule has 19 heavy (non-hydrogen) atoms. The van der Waals surface area contributed by atoms with Crippen LogP contribution in [-0.2, 0) is 0 Å². The van der Waals surface area contributed by atoms with Crippen LogP contribution in [0.15, 0.2) is 24.3 Å². The third-order valence-electron chi connectivity index (χ3n) is 3.78. The maximum Gasteiger partial charge on any atom is 0.179 e. The predicted molar refractivity (Wildman–Crippen MR) is 73.6 cm³/mol. The van der Waals surface area contributed by atoms with Gasteiger partial charge in [-0.3, -0.25) is 9.69 Å². The van der Waals surface area contributed by atoms with Crippen molar-refractivity contribution in [3.05, 3.63) is 29.8 Å². The number of aliphatic hydroxyl groups is 1. The SMILES string of the molecule is COc1ccc(C(=O)C(C)N2CCC(C)(O)C2)cc1. The van der Waals surface area contributed by atoms with Crippen LogP contribution in [0.3, 0.4) is 0 Å². The van der Waals surface area contributed by atoms with Gasteiger partial charge in [0.1, 0.15) is 5.75 Å². The third-order valence-corrected chi connectivity index (χ3v) is 3.78. The van der Waals surface area contributed by atoms with Crippen molar-refractivity contribution in [1.29, 1.82) is 0 Å². The van der Waals surface area contributed by atoms with E-state index >= 15 is 0 Å². The zero-order chi connectivity index (χ0) is 14.0. The van der Waals surface area contributed by atoms with E-state index in [2.05, 4.69) is 0 Å². The number of methoxy groups -OCH3 is 1. The molecule has 1 aromatic carbocycles. The quantitative estimate of drug-likeness (QED) is 0.840. The highest BCUT2D eigenvalue weighted by atomic mass is 16.5. The van der Waals surface area contributed by atoms with Gasteiger partial charge in [0.05, 0.1) is 18.8 Å². The molecule has 1 N–H and O–H groups in total. The van der Waals surface area contributed by atoms with Crippen LogP contribution in [0.2, 0.25) is 0 Å². The fourth-order valence-corrected chi connectivity index (χ4v) is 2.47. The fourth-order valence-electron chi connectivity index (χ4n) is 2.47. The van der Waals surface area contributed by atoms with Crippen molar-refractivity contribution in [2.24, 2.45) is 0 Å². The van der Waals surface area contributed by atoms with Gasteiger partial charge in [-0.2, -0.15) is 0 Å². The molecule has 0 spiro atoms. The number of nitrogens with zero attached hydrogens (tertiary/aromatic N) is 1. The van der Waals surface area contributed by atoms with Gasteiger partial charge in [0, 0.05) is 18.7 Å². The first-order chi connectivity index (χ1) is 8.93. The monoisotopic (exact) mass is 263 g/mol. The largest absolute Gasteiger partial charge is 0.497 e. The average molecular weight is 263 g/mol. The minimum atomic E-state index is -0.672. The standard InChI is InChI=1S/C15H21NO3/c1-11(16-9-8-15(2,18)10-16)14(17)12-4-6-13(19-3)7-5-12/h4-7,11,18H,8-10H2,1-3H3. The molecule has 1 saturated heterocycles. The first-order valence-electron chi connectivity index (χ1n) is 6.58. The summed E-state index contributed by atoms with van der Waals surface area (Å²) in [5.74, 6) is 0.827. The molecule has 1 aliphatic rings. The minimum Gasteiger partial charge on any atom is -0.497 e. The maximum absolute atomic E-state index is 12.4. The summed E-state index contributed by atoms with van der Waals surface area (Å²) in [6.07, 6.45) is 0.716. The lowest BCUT2D eigenvalue weighted by atomic mass is 10.0. The number of hydrogen-bond donors (Lipinski definition) is 1. The lowest BCUT2D eigenvalue weighted by Gasteiger charge is -2.24. The molecule has 4 nitrogen and oxygen atoms in total. The molecule has 4 heteroatoms. The number of β-amino-alcohol motifs (C(OH)–C–C–N with tert-alkyl or cyclic N) is 1. The molecule has 2 unspecified atom stereocenters. The summed E-state index contributed by atoms with van der Waals surface area (Å²) in [6.45, 7) is 5.03. The Hall–Kier alpha value is -1.39. The Morgan fingerprint density at radius 2 is 2.05 bits per heavy atom. The Labute approximate surface area is 114 Å².